The SMILES string of the molecule is Cn1cc(-c2cccc(C(=O)NC(CCOC3CC(CCc4ccc5c(n4)CCCC5)C3)C(=O)O)c2)cn1. The third-order valence-electron chi connectivity index (χ3n) is 7.76. The van der Waals surface area contributed by atoms with Crippen molar-refractivity contribution in [1.82, 2.24) is 20.1 Å². The molecule has 0 bridgehead atoms. The number of rotatable bonds is 11. The van der Waals surface area contributed by atoms with Crippen molar-refractivity contribution < 1.29 is 19.4 Å². The highest BCUT2D eigenvalue weighted by Crippen LogP contribution is 2.34. The molecule has 1 aromatic carbocycles. The molecular weight excluding hydrogens is 480 g/mol. The number of nitrogens with one attached hydrogen (secondary N) is 1. The summed E-state index contributed by atoms with van der Waals surface area (Å²) < 4.78 is 7.64. The molecule has 38 heavy (non-hydrogen) atoms. The molecule has 1 atom stereocenters. The number of aromatic nitrogens is 3. The van der Waals surface area contributed by atoms with E-state index in [1.165, 1.54) is 29.8 Å². The second kappa shape index (κ2) is 11.9. The van der Waals surface area contributed by atoms with E-state index in [4.69, 9.17) is 9.72 Å². The topological polar surface area (TPSA) is 106 Å². The fourth-order valence-electron chi connectivity index (χ4n) is 5.43. The zero-order valence-electron chi connectivity index (χ0n) is 21.9. The monoisotopic (exact) mass is 516 g/mol. The van der Waals surface area contributed by atoms with Crippen LogP contribution >= 0.6 is 0 Å². The zero-order valence-corrected chi connectivity index (χ0v) is 21.9. The van der Waals surface area contributed by atoms with Crippen LogP contribution in [0.25, 0.3) is 11.1 Å². The minimum Gasteiger partial charge on any atom is -0.480 e. The Labute approximate surface area is 223 Å². The van der Waals surface area contributed by atoms with Gasteiger partial charge in [0, 0.05) is 48.8 Å². The fraction of sp³-hybridized carbons (Fsp3) is 0.467. The second-order valence-electron chi connectivity index (χ2n) is 10.6. The zero-order chi connectivity index (χ0) is 26.5. The molecule has 2 heterocycles. The van der Waals surface area contributed by atoms with Crippen LogP contribution in [-0.4, -0.2) is 50.5 Å². The molecule has 200 valence electrons. The van der Waals surface area contributed by atoms with Gasteiger partial charge in [-0.1, -0.05) is 18.2 Å². The summed E-state index contributed by atoms with van der Waals surface area (Å²) in [5.74, 6) is -0.850. The van der Waals surface area contributed by atoms with Crippen molar-refractivity contribution in [2.45, 2.75) is 69.9 Å². The molecule has 0 aliphatic heterocycles. The standard InChI is InChI=1S/C30H36N4O4/c1-34-19-24(18-31-34)22-6-4-7-23(17-22)29(35)33-28(30(36)37)13-14-38-26-15-20(16-26)9-11-25-12-10-21-5-2-3-8-27(21)32-25/h4,6-7,10,12,17-20,26,28H,2-3,5,8-9,11,13-16H2,1H3,(H,33,35)(H,36,37). The van der Waals surface area contributed by atoms with Gasteiger partial charge in [0.05, 0.1) is 12.3 Å². The Balaban J connectivity index is 1.03. The van der Waals surface area contributed by atoms with Crippen LogP contribution in [-0.2, 0) is 35.8 Å². The van der Waals surface area contributed by atoms with Crippen LogP contribution in [0.3, 0.4) is 0 Å². The molecule has 1 saturated carbocycles. The van der Waals surface area contributed by atoms with Crippen molar-refractivity contribution in [3.8, 4) is 11.1 Å². The second-order valence-corrected chi connectivity index (χ2v) is 10.6. The molecule has 8 heteroatoms. The number of fused-ring (bicyclic) bond motifs is 1. The first-order chi connectivity index (χ1) is 18.4. The lowest BCUT2D eigenvalue weighted by atomic mass is 9.79. The number of carbonyl (C=O) groups is 2. The highest BCUT2D eigenvalue weighted by molar-refractivity contribution is 5.97. The number of aryl methyl sites for hydroxylation is 4. The van der Waals surface area contributed by atoms with E-state index < -0.39 is 17.9 Å². The van der Waals surface area contributed by atoms with Crippen LogP contribution < -0.4 is 5.32 Å². The van der Waals surface area contributed by atoms with Gasteiger partial charge in [0.1, 0.15) is 6.04 Å². The Morgan fingerprint density at radius 2 is 2.00 bits per heavy atom. The Hall–Kier alpha value is -3.52. The lowest BCUT2D eigenvalue weighted by molar-refractivity contribution is -0.140. The van der Waals surface area contributed by atoms with Gasteiger partial charge in [0.15, 0.2) is 0 Å². The van der Waals surface area contributed by atoms with E-state index in [-0.39, 0.29) is 12.5 Å². The molecule has 2 aliphatic rings. The Morgan fingerprint density at radius 1 is 1.16 bits per heavy atom. The van der Waals surface area contributed by atoms with E-state index in [0.29, 0.717) is 18.1 Å². The molecule has 0 radical (unpaired) electrons. The van der Waals surface area contributed by atoms with Gasteiger partial charge in [-0.25, -0.2) is 4.79 Å². The lowest BCUT2D eigenvalue weighted by Crippen LogP contribution is -2.42. The van der Waals surface area contributed by atoms with Crippen LogP contribution in [0.15, 0.2) is 48.8 Å². The van der Waals surface area contributed by atoms with Crippen molar-refractivity contribution in [3.63, 3.8) is 0 Å². The van der Waals surface area contributed by atoms with Crippen molar-refractivity contribution in [2.24, 2.45) is 13.0 Å². The highest BCUT2D eigenvalue weighted by Gasteiger charge is 2.30. The predicted octanol–water partition coefficient (Wildman–Crippen LogP) is 4.36. The minimum atomic E-state index is -1.06. The molecule has 2 aromatic heterocycles. The smallest absolute Gasteiger partial charge is 0.326 e. The fourth-order valence-corrected chi connectivity index (χ4v) is 5.43. The number of nitrogens with zero attached hydrogens (tertiary/aromatic N) is 3. The number of ether oxygens (including phenoxy) is 1. The van der Waals surface area contributed by atoms with E-state index in [1.807, 2.05) is 19.3 Å². The normalized spacial score (nSPS) is 19.3. The summed E-state index contributed by atoms with van der Waals surface area (Å²) in [6.45, 7) is 0.302. The van der Waals surface area contributed by atoms with Gasteiger partial charge in [-0.15, -0.1) is 0 Å². The number of carboxylic acids is 1. The first kappa shape index (κ1) is 26.1. The van der Waals surface area contributed by atoms with E-state index in [0.717, 1.165) is 49.7 Å². The first-order valence-electron chi connectivity index (χ1n) is 13.7. The molecular formula is C30H36N4O4. The molecule has 1 fully saturated rings. The number of pyridine rings is 1. The number of benzene rings is 1. The number of hydrogen-bond acceptors (Lipinski definition) is 5. The van der Waals surface area contributed by atoms with Gasteiger partial charge in [-0.2, -0.15) is 5.10 Å². The molecule has 1 amide bonds. The summed E-state index contributed by atoms with van der Waals surface area (Å²) in [5, 5.41) is 16.5. The van der Waals surface area contributed by atoms with Crippen LogP contribution in [0.1, 0.15) is 65.8 Å². The summed E-state index contributed by atoms with van der Waals surface area (Å²) in [4.78, 5) is 29.5. The quantitative estimate of drug-likeness (QED) is 0.392. The summed E-state index contributed by atoms with van der Waals surface area (Å²) in [7, 11) is 1.83. The van der Waals surface area contributed by atoms with Crippen LogP contribution in [0.4, 0.5) is 0 Å². The van der Waals surface area contributed by atoms with E-state index in [1.54, 1.807) is 29.1 Å². The van der Waals surface area contributed by atoms with Crippen LogP contribution in [0, 0.1) is 5.92 Å². The van der Waals surface area contributed by atoms with Gasteiger partial charge >= 0.3 is 5.97 Å². The van der Waals surface area contributed by atoms with Crippen LogP contribution in [0.2, 0.25) is 0 Å². The van der Waals surface area contributed by atoms with E-state index in [9.17, 15) is 14.7 Å². The predicted molar refractivity (Wildman–Crippen MR) is 144 cm³/mol. The van der Waals surface area contributed by atoms with Crippen molar-refractivity contribution in [2.75, 3.05) is 6.61 Å². The van der Waals surface area contributed by atoms with Gasteiger partial charge in [-0.05, 0) is 86.6 Å². The van der Waals surface area contributed by atoms with E-state index >= 15 is 0 Å². The summed E-state index contributed by atoms with van der Waals surface area (Å²) >= 11 is 0. The molecule has 2 aliphatic carbocycles. The lowest BCUT2D eigenvalue weighted by Gasteiger charge is -2.35. The van der Waals surface area contributed by atoms with Crippen molar-refractivity contribution >= 4 is 11.9 Å². The molecule has 3 aromatic rings. The number of hydrogen-bond donors (Lipinski definition) is 2. The number of carbonyl (C=O) groups excluding carboxylic acids is 1. The average Bonchev–Trinajstić information content (AvgIpc) is 3.34. The molecule has 2 N–H and O–H groups in total. The van der Waals surface area contributed by atoms with Gasteiger partial charge < -0.3 is 15.2 Å². The summed E-state index contributed by atoms with van der Waals surface area (Å²) in [6, 6.07) is 10.5. The van der Waals surface area contributed by atoms with Crippen LogP contribution in [0.5, 0.6) is 0 Å². The number of amides is 1. The summed E-state index contributed by atoms with van der Waals surface area (Å²) in [5.41, 5.74) is 6.07. The maximum absolute atomic E-state index is 12.8. The molecule has 0 saturated heterocycles. The van der Waals surface area contributed by atoms with Gasteiger partial charge in [0.2, 0.25) is 0 Å². The van der Waals surface area contributed by atoms with Crippen molar-refractivity contribution in [3.05, 3.63) is 71.3 Å². The molecule has 8 nitrogen and oxygen atoms in total. The third kappa shape index (κ3) is 6.48. The molecule has 5 rings (SSSR count). The Bertz CT molecular complexity index is 1280. The highest BCUT2D eigenvalue weighted by atomic mass is 16.5. The number of aliphatic carboxylic acids is 1. The largest absolute Gasteiger partial charge is 0.480 e. The maximum atomic E-state index is 12.8. The first-order valence-corrected chi connectivity index (χ1v) is 13.7. The summed E-state index contributed by atoms with van der Waals surface area (Å²) in [6.07, 6.45) is 12.9. The van der Waals surface area contributed by atoms with Crippen molar-refractivity contribution in [1.29, 1.82) is 0 Å². The minimum absolute atomic E-state index is 0.165. The Morgan fingerprint density at radius 3 is 2.79 bits per heavy atom. The maximum Gasteiger partial charge on any atom is 0.326 e. The molecule has 1 unspecified atom stereocenters. The van der Waals surface area contributed by atoms with E-state index in [2.05, 4.69) is 22.5 Å². The number of carboxylic acid groups (broad SMARTS) is 1. The Kier molecular flexibility index (Phi) is 8.17. The van der Waals surface area contributed by atoms with Gasteiger partial charge in [-0.3, -0.25) is 14.5 Å². The van der Waals surface area contributed by atoms with Gasteiger partial charge in [0.25, 0.3) is 5.91 Å². The average molecular weight is 517 g/mol. The third-order valence-corrected chi connectivity index (χ3v) is 7.76. The molecule has 0 spiro atoms.